The summed E-state index contributed by atoms with van der Waals surface area (Å²) in [4.78, 5) is 29.5. The maximum absolute atomic E-state index is 13.0. The summed E-state index contributed by atoms with van der Waals surface area (Å²) in [6.45, 7) is 5.79. The number of rotatable bonds is 2. The van der Waals surface area contributed by atoms with Crippen LogP contribution in [-0.2, 0) is 16.0 Å². The molecule has 2 aliphatic rings. The molecule has 4 heteroatoms. The minimum Gasteiger partial charge on any atom is -0.342 e. The second-order valence-corrected chi connectivity index (χ2v) is 6.81. The minimum absolute atomic E-state index is 0.0263. The van der Waals surface area contributed by atoms with Crippen molar-refractivity contribution in [2.45, 2.75) is 39.5 Å². The lowest BCUT2D eigenvalue weighted by atomic mass is 9.88. The zero-order chi connectivity index (χ0) is 15.7. The van der Waals surface area contributed by atoms with Gasteiger partial charge in [0.2, 0.25) is 11.8 Å². The molecule has 0 aromatic heterocycles. The molecule has 0 unspecified atom stereocenters. The summed E-state index contributed by atoms with van der Waals surface area (Å²) in [6.07, 6.45) is 4.14. The van der Waals surface area contributed by atoms with Gasteiger partial charge in [0.15, 0.2) is 0 Å². The number of carbonyl (C=O) groups excluding carboxylic acids is 2. The zero-order valence-corrected chi connectivity index (χ0v) is 13.5. The first-order chi connectivity index (χ1) is 10.5. The van der Waals surface area contributed by atoms with Gasteiger partial charge >= 0.3 is 0 Å². The van der Waals surface area contributed by atoms with Crippen LogP contribution in [0.25, 0.3) is 0 Å². The summed E-state index contributed by atoms with van der Waals surface area (Å²) in [5.74, 6) is -0.102. The lowest BCUT2D eigenvalue weighted by Crippen LogP contribution is -2.51. The summed E-state index contributed by atoms with van der Waals surface area (Å²) >= 11 is 0. The van der Waals surface area contributed by atoms with Gasteiger partial charge in [0.05, 0.1) is 0 Å². The zero-order valence-electron chi connectivity index (χ0n) is 13.5. The number of carbonyl (C=O) groups is 2. The average molecular weight is 300 g/mol. The molecule has 1 aromatic rings. The van der Waals surface area contributed by atoms with Crippen molar-refractivity contribution in [1.82, 2.24) is 4.90 Å². The molecular formula is C18H24N2O2. The Balaban J connectivity index is 1.80. The highest BCUT2D eigenvalue weighted by Gasteiger charge is 2.43. The largest absolute Gasteiger partial charge is 0.342 e. The van der Waals surface area contributed by atoms with E-state index in [4.69, 9.17) is 0 Å². The van der Waals surface area contributed by atoms with Crippen LogP contribution in [0.1, 0.15) is 38.7 Å². The molecule has 118 valence electrons. The number of para-hydroxylation sites is 1. The van der Waals surface area contributed by atoms with E-state index in [9.17, 15) is 9.59 Å². The van der Waals surface area contributed by atoms with Crippen molar-refractivity contribution < 1.29 is 9.59 Å². The van der Waals surface area contributed by atoms with E-state index in [1.54, 1.807) is 18.7 Å². The standard InChI is InChI=1S/C18H24N2O2/c1-18(2,16(21)19-11-6-3-7-12-19)17(22)20-13-10-14-8-4-5-9-15(14)20/h4-5,8-9H,3,6-7,10-13H2,1-2H3. The number of benzene rings is 1. The molecule has 2 heterocycles. The Hall–Kier alpha value is -1.84. The highest BCUT2D eigenvalue weighted by atomic mass is 16.2. The highest BCUT2D eigenvalue weighted by Crippen LogP contribution is 2.33. The van der Waals surface area contributed by atoms with E-state index >= 15 is 0 Å². The van der Waals surface area contributed by atoms with Crippen LogP contribution in [0.15, 0.2) is 24.3 Å². The lowest BCUT2D eigenvalue weighted by Gasteiger charge is -2.35. The summed E-state index contributed by atoms with van der Waals surface area (Å²) in [7, 11) is 0. The Morgan fingerprint density at radius 3 is 2.36 bits per heavy atom. The molecule has 0 N–H and O–H groups in total. The molecule has 1 saturated heterocycles. The normalized spacial score (nSPS) is 18.3. The quantitative estimate of drug-likeness (QED) is 0.788. The Morgan fingerprint density at radius 1 is 0.955 bits per heavy atom. The van der Waals surface area contributed by atoms with Crippen LogP contribution in [0.4, 0.5) is 5.69 Å². The van der Waals surface area contributed by atoms with E-state index in [-0.39, 0.29) is 11.8 Å². The molecule has 0 spiro atoms. The number of likely N-dealkylation sites (tertiary alicyclic amines) is 1. The number of piperidine rings is 1. The van der Waals surface area contributed by atoms with Crippen LogP contribution in [0.3, 0.4) is 0 Å². The topological polar surface area (TPSA) is 40.6 Å². The van der Waals surface area contributed by atoms with Gasteiger partial charge in [-0.2, -0.15) is 0 Å². The molecule has 1 aromatic carbocycles. The van der Waals surface area contributed by atoms with E-state index in [1.165, 1.54) is 12.0 Å². The second kappa shape index (κ2) is 5.75. The van der Waals surface area contributed by atoms with Gasteiger partial charge in [-0.15, -0.1) is 0 Å². The molecule has 3 rings (SSSR count). The van der Waals surface area contributed by atoms with E-state index in [2.05, 4.69) is 6.07 Å². The smallest absolute Gasteiger partial charge is 0.242 e. The Labute approximate surface area is 132 Å². The van der Waals surface area contributed by atoms with Crippen LogP contribution >= 0.6 is 0 Å². The minimum atomic E-state index is -0.991. The fourth-order valence-electron chi connectivity index (χ4n) is 3.47. The predicted octanol–water partition coefficient (Wildman–Crippen LogP) is 2.61. The molecule has 0 aliphatic carbocycles. The third-order valence-corrected chi connectivity index (χ3v) is 4.84. The van der Waals surface area contributed by atoms with Gasteiger partial charge in [0.25, 0.3) is 0 Å². The number of anilines is 1. The number of fused-ring (bicyclic) bond motifs is 1. The molecule has 0 saturated carbocycles. The highest BCUT2D eigenvalue weighted by molar-refractivity contribution is 6.11. The molecule has 0 atom stereocenters. The summed E-state index contributed by atoms with van der Waals surface area (Å²) in [5, 5.41) is 0. The van der Waals surface area contributed by atoms with Gasteiger partial charge in [-0.05, 0) is 51.2 Å². The Morgan fingerprint density at radius 2 is 1.64 bits per heavy atom. The van der Waals surface area contributed by atoms with Crippen molar-refractivity contribution in [2.24, 2.45) is 5.41 Å². The molecule has 0 bridgehead atoms. The van der Waals surface area contributed by atoms with Crippen LogP contribution in [0.5, 0.6) is 0 Å². The maximum atomic E-state index is 13.0. The third-order valence-electron chi connectivity index (χ3n) is 4.84. The second-order valence-electron chi connectivity index (χ2n) is 6.81. The molecule has 2 aliphatic heterocycles. The average Bonchev–Trinajstić information content (AvgIpc) is 2.98. The van der Waals surface area contributed by atoms with E-state index in [0.29, 0.717) is 6.54 Å². The number of amides is 2. The van der Waals surface area contributed by atoms with Gasteiger partial charge in [0, 0.05) is 25.3 Å². The first kappa shape index (κ1) is 15.1. The lowest BCUT2D eigenvalue weighted by molar-refractivity contribution is -0.148. The molecule has 4 nitrogen and oxygen atoms in total. The van der Waals surface area contributed by atoms with Gasteiger partial charge in [-0.3, -0.25) is 9.59 Å². The van der Waals surface area contributed by atoms with Crippen molar-refractivity contribution in [1.29, 1.82) is 0 Å². The number of hydrogen-bond acceptors (Lipinski definition) is 2. The first-order valence-electron chi connectivity index (χ1n) is 8.21. The monoisotopic (exact) mass is 300 g/mol. The van der Waals surface area contributed by atoms with Gasteiger partial charge in [-0.25, -0.2) is 0 Å². The van der Waals surface area contributed by atoms with Crippen molar-refractivity contribution in [3.8, 4) is 0 Å². The van der Waals surface area contributed by atoms with Gasteiger partial charge < -0.3 is 9.80 Å². The van der Waals surface area contributed by atoms with Crippen LogP contribution in [-0.4, -0.2) is 36.3 Å². The number of nitrogens with zero attached hydrogens (tertiary/aromatic N) is 2. The van der Waals surface area contributed by atoms with E-state index in [0.717, 1.165) is 38.0 Å². The molecular weight excluding hydrogens is 276 g/mol. The summed E-state index contributed by atoms with van der Waals surface area (Å²) < 4.78 is 0. The number of hydrogen-bond donors (Lipinski definition) is 0. The molecule has 22 heavy (non-hydrogen) atoms. The molecule has 2 amide bonds. The fourth-order valence-corrected chi connectivity index (χ4v) is 3.47. The van der Waals surface area contributed by atoms with Crippen molar-refractivity contribution >= 4 is 17.5 Å². The summed E-state index contributed by atoms with van der Waals surface area (Å²) in [5.41, 5.74) is 1.17. The Kier molecular flexibility index (Phi) is 3.94. The van der Waals surface area contributed by atoms with Crippen molar-refractivity contribution in [3.63, 3.8) is 0 Å². The predicted molar refractivity (Wildman–Crippen MR) is 86.7 cm³/mol. The Bertz CT molecular complexity index is 589. The SMILES string of the molecule is CC(C)(C(=O)N1CCCCC1)C(=O)N1CCc2ccccc21. The first-order valence-corrected chi connectivity index (χ1v) is 8.21. The van der Waals surface area contributed by atoms with Gasteiger partial charge in [0.1, 0.15) is 5.41 Å². The molecule has 0 radical (unpaired) electrons. The van der Waals surface area contributed by atoms with Gasteiger partial charge in [-0.1, -0.05) is 18.2 Å². The van der Waals surface area contributed by atoms with Crippen molar-refractivity contribution in [3.05, 3.63) is 29.8 Å². The van der Waals surface area contributed by atoms with Crippen LogP contribution < -0.4 is 4.90 Å². The van der Waals surface area contributed by atoms with E-state index < -0.39 is 5.41 Å². The molecule has 1 fully saturated rings. The van der Waals surface area contributed by atoms with Crippen LogP contribution in [0.2, 0.25) is 0 Å². The third kappa shape index (κ3) is 2.51. The van der Waals surface area contributed by atoms with E-state index in [1.807, 2.05) is 23.1 Å². The van der Waals surface area contributed by atoms with Crippen LogP contribution in [0, 0.1) is 5.41 Å². The van der Waals surface area contributed by atoms with Crippen molar-refractivity contribution in [2.75, 3.05) is 24.5 Å². The maximum Gasteiger partial charge on any atom is 0.242 e. The summed E-state index contributed by atoms with van der Waals surface area (Å²) in [6, 6.07) is 7.98. The fraction of sp³-hybridized carbons (Fsp3) is 0.556.